The molecule has 1 aromatic carbocycles. The van der Waals surface area contributed by atoms with Gasteiger partial charge in [-0.25, -0.2) is 4.39 Å². The lowest BCUT2D eigenvalue weighted by molar-refractivity contribution is -0.122. The highest BCUT2D eigenvalue weighted by Crippen LogP contribution is 2.35. The SMILES string of the molecule is O=C(Cc1cccc(F)c1)NC1CCC2(CCC(=O)N2)CC1. The van der Waals surface area contributed by atoms with Crippen LogP contribution in [-0.4, -0.2) is 23.4 Å². The first-order valence-corrected chi connectivity index (χ1v) is 7.90. The van der Waals surface area contributed by atoms with Crippen LogP contribution in [0, 0.1) is 5.82 Å². The van der Waals surface area contributed by atoms with Gasteiger partial charge in [0.25, 0.3) is 0 Å². The van der Waals surface area contributed by atoms with Gasteiger partial charge in [0.1, 0.15) is 5.82 Å². The summed E-state index contributed by atoms with van der Waals surface area (Å²) in [5.41, 5.74) is 0.661. The second kappa shape index (κ2) is 6.07. The molecule has 1 saturated carbocycles. The first kappa shape index (κ1) is 15.0. The van der Waals surface area contributed by atoms with E-state index in [2.05, 4.69) is 10.6 Å². The first-order chi connectivity index (χ1) is 10.5. The highest BCUT2D eigenvalue weighted by molar-refractivity contribution is 5.80. The van der Waals surface area contributed by atoms with E-state index in [0.29, 0.717) is 12.0 Å². The van der Waals surface area contributed by atoms with Crippen molar-refractivity contribution in [2.75, 3.05) is 0 Å². The van der Waals surface area contributed by atoms with Gasteiger partial charge in [0.15, 0.2) is 0 Å². The number of amides is 2. The Kier molecular flexibility index (Phi) is 4.14. The van der Waals surface area contributed by atoms with Gasteiger partial charge in [0, 0.05) is 18.0 Å². The summed E-state index contributed by atoms with van der Waals surface area (Å²) in [6.45, 7) is 0. The number of rotatable bonds is 3. The van der Waals surface area contributed by atoms with Crippen LogP contribution in [0.25, 0.3) is 0 Å². The van der Waals surface area contributed by atoms with Gasteiger partial charge in [-0.15, -0.1) is 0 Å². The Labute approximate surface area is 129 Å². The molecule has 2 N–H and O–H groups in total. The van der Waals surface area contributed by atoms with Crippen molar-refractivity contribution in [3.63, 3.8) is 0 Å². The Morgan fingerprint density at radius 2 is 2.09 bits per heavy atom. The van der Waals surface area contributed by atoms with Crippen molar-refractivity contribution >= 4 is 11.8 Å². The number of benzene rings is 1. The zero-order valence-electron chi connectivity index (χ0n) is 12.5. The fourth-order valence-electron chi connectivity index (χ4n) is 3.57. The summed E-state index contributed by atoms with van der Waals surface area (Å²) < 4.78 is 13.1. The van der Waals surface area contributed by atoms with E-state index in [0.717, 1.165) is 32.1 Å². The van der Waals surface area contributed by atoms with Gasteiger partial charge in [0.05, 0.1) is 6.42 Å². The Morgan fingerprint density at radius 1 is 1.32 bits per heavy atom. The maximum absolute atomic E-state index is 13.1. The van der Waals surface area contributed by atoms with E-state index in [-0.39, 0.29) is 35.6 Å². The molecule has 0 aromatic heterocycles. The molecular formula is C17H21FN2O2. The molecule has 0 bridgehead atoms. The molecule has 1 saturated heterocycles. The maximum atomic E-state index is 13.1. The molecule has 2 amide bonds. The largest absolute Gasteiger partial charge is 0.353 e. The van der Waals surface area contributed by atoms with Crippen molar-refractivity contribution in [1.82, 2.24) is 10.6 Å². The van der Waals surface area contributed by atoms with E-state index in [9.17, 15) is 14.0 Å². The van der Waals surface area contributed by atoms with Crippen molar-refractivity contribution in [2.45, 2.75) is 56.5 Å². The molecule has 5 heteroatoms. The van der Waals surface area contributed by atoms with Gasteiger partial charge in [-0.05, 0) is 49.8 Å². The quantitative estimate of drug-likeness (QED) is 0.898. The van der Waals surface area contributed by atoms with Gasteiger partial charge < -0.3 is 10.6 Å². The topological polar surface area (TPSA) is 58.2 Å². The van der Waals surface area contributed by atoms with Gasteiger partial charge >= 0.3 is 0 Å². The van der Waals surface area contributed by atoms with Crippen LogP contribution >= 0.6 is 0 Å². The minimum atomic E-state index is -0.318. The second-order valence-corrected chi connectivity index (χ2v) is 6.48. The summed E-state index contributed by atoms with van der Waals surface area (Å²) in [5, 5.41) is 6.13. The summed E-state index contributed by atoms with van der Waals surface area (Å²) in [5.74, 6) is -0.238. The highest BCUT2D eigenvalue weighted by atomic mass is 19.1. The molecule has 1 aliphatic carbocycles. The molecule has 4 nitrogen and oxygen atoms in total. The van der Waals surface area contributed by atoms with Crippen LogP contribution in [0.2, 0.25) is 0 Å². The predicted molar refractivity (Wildman–Crippen MR) is 80.6 cm³/mol. The minimum absolute atomic E-state index is 0.0269. The van der Waals surface area contributed by atoms with Crippen molar-refractivity contribution in [3.8, 4) is 0 Å². The highest BCUT2D eigenvalue weighted by Gasteiger charge is 2.40. The van der Waals surface area contributed by atoms with E-state index in [1.807, 2.05) is 0 Å². The van der Waals surface area contributed by atoms with Crippen LogP contribution in [0.1, 0.15) is 44.1 Å². The minimum Gasteiger partial charge on any atom is -0.353 e. The molecule has 118 valence electrons. The van der Waals surface area contributed by atoms with E-state index in [1.54, 1.807) is 12.1 Å². The van der Waals surface area contributed by atoms with E-state index < -0.39 is 0 Å². The monoisotopic (exact) mass is 304 g/mol. The molecule has 1 spiro atoms. The second-order valence-electron chi connectivity index (χ2n) is 6.48. The Balaban J connectivity index is 1.48. The number of carbonyl (C=O) groups is 2. The first-order valence-electron chi connectivity index (χ1n) is 7.90. The van der Waals surface area contributed by atoms with Gasteiger partial charge in [-0.2, -0.15) is 0 Å². The van der Waals surface area contributed by atoms with Crippen molar-refractivity contribution in [3.05, 3.63) is 35.6 Å². The predicted octanol–water partition coefficient (Wildman–Crippen LogP) is 2.08. The summed E-state index contributed by atoms with van der Waals surface area (Å²) in [6.07, 6.45) is 5.35. The number of hydrogen-bond acceptors (Lipinski definition) is 2. The van der Waals surface area contributed by atoms with Gasteiger partial charge in [0.2, 0.25) is 11.8 Å². The smallest absolute Gasteiger partial charge is 0.224 e. The summed E-state index contributed by atoms with van der Waals surface area (Å²) in [6, 6.07) is 6.29. The zero-order valence-corrected chi connectivity index (χ0v) is 12.5. The Bertz CT molecular complexity index is 580. The van der Waals surface area contributed by atoms with Crippen LogP contribution < -0.4 is 10.6 Å². The molecule has 2 aliphatic rings. The zero-order chi connectivity index (χ0) is 15.6. The standard InChI is InChI=1S/C17H21FN2O2/c18-13-3-1-2-12(10-13)11-16(22)19-14-4-7-17(8-5-14)9-6-15(21)20-17/h1-3,10,14H,4-9,11H2,(H,19,22)(H,20,21). The summed E-state index contributed by atoms with van der Waals surface area (Å²) in [7, 11) is 0. The third-order valence-electron chi connectivity index (χ3n) is 4.80. The number of halogens is 1. The third kappa shape index (κ3) is 3.46. The van der Waals surface area contributed by atoms with Crippen LogP contribution in [0.4, 0.5) is 4.39 Å². The van der Waals surface area contributed by atoms with E-state index in [1.165, 1.54) is 12.1 Å². The van der Waals surface area contributed by atoms with Crippen molar-refractivity contribution < 1.29 is 14.0 Å². The Morgan fingerprint density at radius 3 is 2.73 bits per heavy atom. The van der Waals surface area contributed by atoms with Crippen LogP contribution in [-0.2, 0) is 16.0 Å². The maximum Gasteiger partial charge on any atom is 0.224 e. The third-order valence-corrected chi connectivity index (χ3v) is 4.80. The molecule has 1 heterocycles. The van der Waals surface area contributed by atoms with Crippen LogP contribution in [0.5, 0.6) is 0 Å². The van der Waals surface area contributed by atoms with Crippen molar-refractivity contribution in [1.29, 1.82) is 0 Å². The number of hydrogen-bond donors (Lipinski definition) is 2. The molecular weight excluding hydrogens is 283 g/mol. The van der Waals surface area contributed by atoms with E-state index in [4.69, 9.17) is 0 Å². The average molecular weight is 304 g/mol. The fraction of sp³-hybridized carbons (Fsp3) is 0.529. The van der Waals surface area contributed by atoms with Crippen molar-refractivity contribution in [2.24, 2.45) is 0 Å². The average Bonchev–Trinajstić information content (AvgIpc) is 2.83. The normalized spacial score (nSPS) is 27.7. The van der Waals surface area contributed by atoms with Crippen LogP contribution in [0.15, 0.2) is 24.3 Å². The lowest BCUT2D eigenvalue weighted by atomic mass is 9.78. The molecule has 1 aromatic rings. The molecule has 0 atom stereocenters. The van der Waals surface area contributed by atoms with Gasteiger partial charge in [-0.1, -0.05) is 12.1 Å². The summed E-state index contributed by atoms with van der Waals surface area (Å²) in [4.78, 5) is 23.4. The lowest BCUT2D eigenvalue weighted by Gasteiger charge is -2.37. The molecule has 0 unspecified atom stereocenters. The molecule has 3 rings (SSSR count). The van der Waals surface area contributed by atoms with Crippen LogP contribution in [0.3, 0.4) is 0 Å². The molecule has 2 fully saturated rings. The fourth-order valence-corrected chi connectivity index (χ4v) is 3.57. The van der Waals surface area contributed by atoms with E-state index >= 15 is 0 Å². The Hall–Kier alpha value is -1.91. The molecule has 1 aliphatic heterocycles. The van der Waals surface area contributed by atoms with Gasteiger partial charge in [-0.3, -0.25) is 9.59 Å². The molecule has 22 heavy (non-hydrogen) atoms. The number of nitrogens with one attached hydrogen (secondary N) is 2. The number of carbonyl (C=O) groups excluding carboxylic acids is 2. The lowest BCUT2D eigenvalue weighted by Crippen LogP contribution is -2.49. The molecule has 0 radical (unpaired) electrons. The summed E-state index contributed by atoms with van der Waals surface area (Å²) >= 11 is 0.